The number of rotatable bonds is 6. The van der Waals surface area contributed by atoms with E-state index in [9.17, 15) is 10.1 Å². The van der Waals surface area contributed by atoms with Gasteiger partial charge in [0.25, 0.3) is 5.69 Å². The van der Waals surface area contributed by atoms with Gasteiger partial charge in [0.05, 0.1) is 48.9 Å². The molecule has 0 radical (unpaired) electrons. The molecule has 0 amide bonds. The van der Waals surface area contributed by atoms with Crippen LogP contribution in [0.25, 0.3) is 0 Å². The van der Waals surface area contributed by atoms with E-state index in [-0.39, 0.29) is 35.1 Å². The first-order valence-corrected chi connectivity index (χ1v) is 13.0. The standard InChI is InChI=1S/C26H20BrCl3N2O4/c1-35-22-11-14(10-17(27)26(22)36-12-13-5-6-18(28)20(30)9-13)24-16-4-2-3-15(16)23-21(32(33)34)8-7-19(29)25(23)31-24/h2-3,5-11,15-16,24,31H,4,12H2,1H3/t15-,16+,24-/m0/s1. The summed E-state index contributed by atoms with van der Waals surface area (Å²) in [7, 11) is 1.58. The molecule has 5 rings (SSSR count). The minimum atomic E-state index is -0.347. The fourth-order valence-corrected chi connectivity index (χ4v) is 6.10. The first kappa shape index (κ1) is 25.2. The minimum Gasteiger partial charge on any atom is -0.493 e. The van der Waals surface area contributed by atoms with Gasteiger partial charge in [-0.05, 0) is 69.7 Å². The molecule has 1 heterocycles. The number of anilines is 1. The molecular formula is C26H20BrCl3N2O4. The third-order valence-electron chi connectivity index (χ3n) is 6.62. The SMILES string of the molecule is COc1cc([C@@H]2Nc3c(Cl)ccc([N+](=O)[O-])c3[C@H]3C=CC[C@H]32)cc(Br)c1OCc1ccc(Cl)c(Cl)c1. The van der Waals surface area contributed by atoms with Crippen LogP contribution in [-0.2, 0) is 6.61 Å². The Hall–Kier alpha value is -2.45. The summed E-state index contributed by atoms with van der Waals surface area (Å²) in [6, 6.07) is 12.1. The number of methoxy groups -OCH3 is 1. The van der Waals surface area contributed by atoms with Crippen LogP contribution in [0.4, 0.5) is 11.4 Å². The van der Waals surface area contributed by atoms with Gasteiger partial charge in [-0.15, -0.1) is 0 Å². The summed E-state index contributed by atoms with van der Waals surface area (Å²) in [5.74, 6) is 1.06. The number of halogens is 4. The quantitative estimate of drug-likeness (QED) is 0.172. The molecule has 0 spiro atoms. The minimum absolute atomic E-state index is 0.0757. The fraction of sp³-hybridized carbons (Fsp3) is 0.231. The van der Waals surface area contributed by atoms with Gasteiger partial charge in [0.2, 0.25) is 0 Å². The van der Waals surface area contributed by atoms with Gasteiger partial charge in [-0.3, -0.25) is 10.1 Å². The predicted molar refractivity (Wildman–Crippen MR) is 146 cm³/mol. The van der Waals surface area contributed by atoms with E-state index in [4.69, 9.17) is 44.3 Å². The molecule has 0 saturated carbocycles. The van der Waals surface area contributed by atoms with E-state index in [0.29, 0.717) is 37.8 Å². The Morgan fingerprint density at radius 3 is 2.61 bits per heavy atom. The number of allylic oxidation sites excluding steroid dienone is 2. The van der Waals surface area contributed by atoms with Crippen molar-refractivity contribution in [3.05, 3.63) is 101 Å². The molecule has 3 aromatic carbocycles. The Bertz CT molecular complexity index is 1400. The Morgan fingerprint density at radius 2 is 1.89 bits per heavy atom. The van der Waals surface area contributed by atoms with E-state index in [1.54, 1.807) is 25.3 Å². The Labute approximate surface area is 231 Å². The number of nitro benzene ring substituents is 1. The summed E-state index contributed by atoms with van der Waals surface area (Å²) in [6.07, 6.45) is 4.90. The van der Waals surface area contributed by atoms with Crippen molar-refractivity contribution in [2.45, 2.75) is 25.0 Å². The lowest BCUT2D eigenvalue weighted by molar-refractivity contribution is -0.385. The van der Waals surface area contributed by atoms with E-state index >= 15 is 0 Å². The zero-order chi connectivity index (χ0) is 25.6. The molecule has 10 heteroatoms. The van der Waals surface area contributed by atoms with Crippen molar-refractivity contribution in [1.29, 1.82) is 0 Å². The molecule has 1 aliphatic heterocycles. The van der Waals surface area contributed by atoms with Gasteiger partial charge in [0.15, 0.2) is 11.5 Å². The van der Waals surface area contributed by atoms with Gasteiger partial charge in [-0.2, -0.15) is 0 Å². The van der Waals surface area contributed by atoms with E-state index in [0.717, 1.165) is 22.0 Å². The predicted octanol–water partition coefficient (Wildman–Crippen LogP) is 8.73. The fourth-order valence-electron chi connectivity index (χ4n) is 4.99. The van der Waals surface area contributed by atoms with E-state index in [1.807, 2.05) is 24.3 Å². The second kappa shape index (κ2) is 10.1. The molecule has 36 heavy (non-hydrogen) atoms. The van der Waals surface area contributed by atoms with Crippen LogP contribution >= 0.6 is 50.7 Å². The Balaban J connectivity index is 1.49. The first-order valence-electron chi connectivity index (χ1n) is 11.1. The number of ether oxygens (including phenoxy) is 2. The van der Waals surface area contributed by atoms with E-state index in [1.165, 1.54) is 6.07 Å². The summed E-state index contributed by atoms with van der Waals surface area (Å²) < 4.78 is 12.5. The molecule has 0 unspecified atom stereocenters. The summed E-state index contributed by atoms with van der Waals surface area (Å²) in [6.45, 7) is 0.272. The molecule has 0 aromatic heterocycles. The second-order valence-electron chi connectivity index (χ2n) is 8.66. The topological polar surface area (TPSA) is 73.6 Å². The zero-order valence-corrected chi connectivity index (χ0v) is 22.8. The summed E-state index contributed by atoms with van der Waals surface area (Å²) in [4.78, 5) is 11.4. The van der Waals surface area contributed by atoms with Crippen LogP contribution in [0.15, 0.2) is 59.1 Å². The largest absolute Gasteiger partial charge is 0.493 e. The van der Waals surface area contributed by atoms with E-state index in [2.05, 4.69) is 27.3 Å². The number of nitro groups is 1. The molecule has 2 aliphatic rings. The van der Waals surface area contributed by atoms with Crippen molar-refractivity contribution in [1.82, 2.24) is 0 Å². The molecule has 0 fully saturated rings. The van der Waals surface area contributed by atoms with Crippen molar-refractivity contribution < 1.29 is 14.4 Å². The highest BCUT2D eigenvalue weighted by atomic mass is 79.9. The summed E-state index contributed by atoms with van der Waals surface area (Å²) >= 11 is 22.3. The van der Waals surface area contributed by atoms with Crippen LogP contribution in [-0.4, -0.2) is 12.0 Å². The monoisotopic (exact) mass is 608 g/mol. The average molecular weight is 611 g/mol. The zero-order valence-electron chi connectivity index (χ0n) is 18.9. The third kappa shape index (κ3) is 4.54. The molecule has 1 aliphatic carbocycles. The maximum atomic E-state index is 11.7. The van der Waals surface area contributed by atoms with E-state index < -0.39 is 0 Å². The van der Waals surface area contributed by atoms with Crippen LogP contribution in [0.1, 0.15) is 35.1 Å². The lowest BCUT2D eigenvalue weighted by atomic mass is 9.76. The van der Waals surface area contributed by atoms with Gasteiger partial charge >= 0.3 is 0 Å². The molecule has 3 aromatic rings. The smallest absolute Gasteiger partial charge is 0.275 e. The van der Waals surface area contributed by atoms with Crippen LogP contribution in [0.3, 0.4) is 0 Å². The highest BCUT2D eigenvalue weighted by molar-refractivity contribution is 9.10. The van der Waals surface area contributed by atoms with Crippen LogP contribution < -0.4 is 14.8 Å². The van der Waals surface area contributed by atoms with Crippen molar-refractivity contribution in [2.24, 2.45) is 5.92 Å². The molecule has 6 nitrogen and oxygen atoms in total. The van der Waals surface area contributed by atoms with Gasteiger partial charge < -0.3 is 14.8 Å². The normalized spacial score (nSPS) is 19.9. The summed E-state index contributed by atoms with van der Waals surface area (Å²) in [5, 5.41) is 16.6. The highest BCUT2D eigenvalue weighted by Gasteiger charge is 2.42. The average Bonchev–Trinajstić information content (AvgIpc) is 3.34. The number of hydrogen-bond donors (Lipinski definition) is 1. The number of nitrogens with one attached hydrogen (secondary N) is 1. The molecule has 0 bridgehead atoms. The van der Waals surface area contributed by atoms with Crippen molar-refractivity contribution in [2.75, 3.05) is 12.4 Å². The second-order valence-corrected chi connectivity index (χ2v) is 10.7. The van der Waals surface area contributed by atoms with Crippen molar-refractivity contribution in [3.63, 3.8) is 0 Å². The van der Waals surface area contributed by atoms with Gasteiger partial charge in [0.1, 0.15) is 6.61 Å². The number of hydrogen-bond acceptors (Lipinski definition) is 5. The molecule has 1 N–H and O–H groups in total. The number of nitrogens with zero attached hydrogens (tertiary/aromatic N) is 1. The highest BCUT2D eigenvalue weighted by Crippen LogP contribution is 2.55. The first-order chi connectivity index (χ1) is 17.3. The van der Waals surface area contributed by atoms with Crippen molar-refractivity contribution >= 4 is 62.1 Å². The lowest BCUT2D eigenvalue weighted by Crippen LogP contribution is -2.30. The van der Waals surface area contributed by atoms with Gasteiger partial charge in [0, 0.05) is 12.0 Å². The molecule has 0 saturated heterocycles. The number of fused-ring (bicyclic) bond motifs is 3. The van der Waals surface area contributed by atoms with Crippen LogP contribution in [0, 0.1) is 16.0 Å². The molecule has 3 atom stereocenters. The molecular weight excluding hydrogens is 591 g/mol. The van der Waals surface area contributed by atoms with Gasteiger partial charge in [-0.25, -0.2) is 0 Å². The van der Waals surface area contributed by atoms with Crippen LogP contribution in [0.5, 0.6) is 11.5 Å². The molecule has 186 valence electrons. The number of benzene rings is 3. The Kier molecular flexibility index (Phi) is 7.10. The third-order valence-corrected chi connectivity index (χ3v) is 8.26. The van der Waals surface area contributed by atoms with Crippen LogP contribution in [0.2, 0.25) is 15.1 Å². The Morgan fingerprint density at radius 1 is 1.11 bits per heavy atom. The van der Waals surface area contributed by atoms with Crippen molar-refractivity contribution in [3.8, 4) is 11.5 Å². The van der Waals surface area contributed by atoms with Gasteiger partial charge in [-0.1, -0.05) is 53.0 Å². The maximum Gasteiger partial charge on any atom is 0.275 e. The lowest BCUT2D eigenvalue weighted by Gasteiger charge is -2.37. The summed E-state index contributed by atoms with van der Waals surface area (Å²) in [5.41, 5.74) is 3.12. The maximum absolute atomic E-state index is 11.7.